The smallest absolute Gasteiger partial charge is 0.335 e. The van der Waals surface area contributed by atoms with Gasteiger partial charge in [-0.15, -0.1) is 0 Å². The van der Waals surface area contributed by atoms with Gasteiger partial charge < -0.3 is 9.52 Å². The Kier molecular flexibility index (Phi) is 5.94. The fourth-order valence-electron chi connectivity index (χ4n) is 3.59. The van der Waals surface area contributed by atoms with Crippen molar-refractivity contribution >= 4 is 23.6 Å². The lowest BCUT2D eigenvalue weighted by atomic mass is 10.1. The van der Waals surface area contributed by atoms with Crippen molar-refractivity contribution in [2.24, 2.45) is 4.99 Å². The minimum atomic E-state index is -1.00. The van der Waals surface area contributed by atoms with E-state index in [9.17, 15) is 14.9 Å². The predicted molar refractivity (Wildman–Crippen MR) is 134 cm³/mol. The van der Waals surface area contributed by atoms with E-state index < -0.39 is 10.9 Å². The molecule has 5 rings (SSSR count). The minimum absolute atomic E-state index is 0.00187. The van der Waals surface area contributed by atoms with Gasteiger partial charge >= 0.3 is 5.97 Å². The Morgan fingerprint density at radius 1 is 0.944 bits per heavy atom. The second-order valence-electron chi connectivity index (χ2n) is 7.79. The number of rotatable bonds is 7. The minimum Gasteiger partial charge on any atom is -0.478 e. The van der Waals surface area contributed by atoms with Gasteiger partial charge in [-0.05, 0) is 60.7 Å². The highest BCUT2D eigenvalue weighted by Gasteiger charge is 2.16. The first-order valence-electron chi connectivity index (χ1n) is 10.9. The van der Waals surface area contributed by atoms with Crippen molar-refractivity contribution in [3.63, 3.8) is 0 Å². The Labute approximate surface area is 204 Å². The molecule has 0 aliphatic carbocycles. The van der Waals surface area contributed by atoms with Crippen molar-refractivity contribution in [3.8, 4) is 28.5 Å². The van der Waals surface area contributed by atoms with Gasteiger partial charge in [0.15, 0.2) is 5.76 Å². The number of hydrogen-bond acceptors (Lipinski definition) is 6. The number of nitro benzene ring substituents is 1. The SMILES string of the molecule is O=C(O)c1ccc(N=Cc2cn(-c3ccccc3)nc2-c2ccc(-c3ccc([N+](=O)[O-])cc3)o2)cc1. The zero-order chi connectivity index (χ0) is 25.1. The van der Waals surface area contributed by atoms with Gasteiger partial charge in [-0.1, -0.05) is 18.2 Å². The molecule has 9 nitrogen and oxygen atoms in total. The molecule has 9 heteroatoms. The molecular weight excluding hydrogens is 460 g/mol. The van der Waals surface area contributed by atoms with E-state index in [4.69, 9.17) is 14.6 Å². The molecule has 1 N–H and O–H groups in total. The fraction of sp³-hybridized carbons (Fsp3) is 0. The van der Waals surface area contributed by atoms with Gasteiger partial charge in [0.05, 0.1) is 21.9 Å². The van der Waals surface area contributed by atoms with Crippen molar-refractivity contribution in [1.82, 2.24) is 9.78 Å². The molecule has 2 heterocycles. The number of carboxylic acid groups (broad SMARTS) is 1. The summed E-state index contributed by atoms with van der Waals surface area (Å²) in [4.78, 5) is 26.1. The molecular formula is C27H18N4O5. The summed E-state index contributed by atoms with van der Waals surface area (Å²) < 4.78 is 7.79. The second-order valence-corrected chi connectivity index (χ2v) is 7.79. The first-order chi connectivity index (χ1) is 17.5. The Morgan fingerprint density at radius 3 is 2.31 bits per heavy atom. The van der Waals surface area contributed by atoms with Crippen LogP contribution >= 0.6 is 0 Å². The van der Waals surface area contributed by atoms with Crippen LogP contribution < -0.4 is 0 Å². The van der Waals surface area contributed by atoms with Crippen LogP contribution in [-0.2, 0) is 0 Å². The zero-order valence-electron chi connectivity index (χ0n) is 18.7. The summed E-state index contributed by atoms with van der Waals surface area (Å²) in [5.74, 6) is 0.0422. The molecule has 0 radical (unpaired) electrons. The number of para-hydroxylation sites is 1. The summed E-state index contributed by atoms with van der Waals surface area (Å²) in [5.41, 5.74) is 3.56. The van der Waals surface area contributed by atoms with Crippen molar-refractivity contribution in [3.05, 3.63) is 118 Å². The van der Waals surface area contributed by atoms with E-state index in [2.05, 4.69) is 4.99 Å². The van der Waals surface area contributed by atoms with Gasteiger partial charge in [-0.2, -0.15) is 5.10 Å². The van der Waals surface area contributed by atoms with Crippen molar-refractivity contribution < 1.29 is 19.2 Å². The third kappa shape index (κ3) is 4.66. The van der Waals surface area contributed by atoms with Gasteiger partial charge in [0, 0.05) is 35.7 Å². The van der Waals surface area contributed by atoms with Crippen LogP contribution in [0, 0.1) is 10.1 Å². The van der Waals surface area contributed by atoms with Crippen LogP contribution in [-0.4, -0.2) is 32.0 Å². The highest BCUT2D eigenvalue weighted by molar-refractivity contribution is 5.90. The molecule has 0 aliphatic rings. The quantitative estimate of drug-likeness (QED) is 0.170. The van der Waals surface area contributed by atoms with Gasteiger partial charge in [-0.25, -0.2) is 9.48 Å². The van der Waals surface area contributed by atoms with Crippen LogP contribution in [0.1, 0.15) is 15.9 Å². The fourth-order valence-corrected chi connectivity index (χ4v) is 3.59. The molecule has 0 aliphatic heterocycles. The van der Waals surface area contributed by atoms with E-state index in [1.165, 1.54) is 24.3 Å². The maximum atomic E-state index is 11.1. The van der Waals surface area contributed by atoms with E-state index in [-0.39, 0.29) is 11.3 Å². The van der Waals surface area contributed by atoms with Crippen LogP contribution in [0.4, 0.5) is 11.4 Å². The normalized spacial score (nSPS) is 11.1. The molecule has 0 unspecified atom stereocenters. The summed E-state index contributed by atoms with van der Waals surface area (Å²) in [6.07, 6.45) is 3.47. The number of aromatic carboxylic acids is 1. The van der Waals surface area contributed by atoms with Crippen LogP contribution in [0.3, 0.4) is 0 Å². The zero-order valence-corrected chi connectivity index (χ0v) is 18.7. The first-order valence-corrected chi connectivity index (χ1v) is 10.9. The highest BCUT2D eigenvalue weighted by Crippen LogP contribution is 2.31. The number of aromatic nitrogens is 2. The van der Waals surface area contributed by atoms with E-state index in [0.717, 1.165) is 5.69 Å². The molecule has 0 saturated carbocycles. The molecule has 5 aromatic rings. The van der Waals surface area contributed by atoms with E-state index in [0.29, 0.717) is 34.0 Å². The summed E-state index contributed by atoms with van der Waals surface area (Å²) >= 11 is 0. The maximum Gasteiger partial charge on any atom is 0.335 e. The Hall–Kier alpha value is -5.31. The molecule has 36 heavy (non-hydrogen) atoms. The number of carboxylic acids is 1. The Balaban J connectivity index is 1.51. The number of furan rings is 1. The number of benzene rings is 3. The number of carbonyl (C=O) groups is 1. The molecule has 2 aromatic heterocycles. The summed E-state index contributed by atoms with van der Waals surface area (Å²) in [7, 11) is 0. The van der Waals surface area contributed by atoms with Crippen LogP contribution in [0.15, 0.2) is 107 Å². The topological polar surface area (TPSA) is 124 Å². The molecule has 0 amide bonds. The number of nitrogens with zero attached hydrogens (tertiary/aromatic N) is 4. The molecule has 176 valence electrons. The molecule has 0 atom stereocenters. The summed E-state index contributed by atoms with van der Waals surface area (Å²) in [5, 5.41) is 24.7. The van der Waals surface area contributed by atoms with Crippen LogP contribution in [0.5, 0.6) is 0 Å². The Bertz CT molecular complexity index is 1570. The maximum absolute atomic E-state index is 11.1. The largest absolute Gasteiger partial charge is 0.478 e. The third-order valence-electron chi connectivity index (χ3n) is 5.43. The van der Waals surface area contributed by atoms with E-state index >= 15 is 0 Å². The predicted octanol–water partition coefficient (Wildman–Crippen LogP) is 6.16. The molecule has 0 spiro atoms. The van der Waals surface area contributed by atoms with Crippen molar-refractivity contribution in [1.29, 1.82) is 0 Å². The third-order valence-corrected chi connectivity index (χ3v) is 5.43. The van der Waals surface area contributed by atoms with E-state index in [1.807, 2.05) is 36.5 Å². The molecule has 0 fully saturated rings. The summed E-state index contributed by atoms with van der Waals surface area (Å²) in [6, 6.07) is 25.5. The number of aliphatic imine (C=N–C) groups is 1. The Morgan fingerprint density at radius 2 is 1.64 bits per heavy atom. The van der Waals surface area contributed by atoms with Gasteiger partial charge in [0.1, 0.15) is 11.5 Å². The lowest BCUT2D eigenvalue weighted by molar-refractivity contribution is -0.384. The van der Waals surface area contributed by atoms with Crippen molar-refractivity contribution in [2.75, 3.05) is 0 Å². The standard InChI is InChI=1S/C27H18N4O5/c32-27(33)19-6-10-21(11-7-19)28-16-20-17-30(22-4-2-1-3-5-22)29-26(20)25-15-14-24(36-25)18-8-12-23(13-9-18)31(34)35/h1-17H,(H,32,33). The molecule has 0 saturated heterocycles. The van der Waals surface area contributed by atoms with Gasteiger partial charge in [-0.3, -0.25) is 15.1 Å². The van der Waals surface area contributed by atoms with Gasteiger partial charge in [0.25, 0.3) is 5.69 Å². The lowest BCUT2D eigenvalue weighted by Crippen LogP contribution is -1.94. The van der Waals surface area contributed by atoms with Gasteiger partial charge in [0.2, 0.25) is 0 Å². The van der Waals surface area contributed by atoms with E-state index in [1.54, 1.807) is 47.3 Å². The average Bonchev–Trinajstić information content (AvgIpc) is 3.56. The number of hydrogen-bond donors (Lipinski definition) is 1. The second kappa shape index (κ2) is 9.51. The molecule has 3 aromatic carbocycles. The highest BCUT2D eigenvalue weighted by atomic mass is 16.6. The van der Waals surface area contributed by atoms with Crippen LogP contribution in [0.2, 0.25) is 0 Å². The first kappa shape index (κ1) is 22.5. The van der Waals surface area contributed by atoms with Crippen LogP contribution in [0.25, 0.3) is 28.5 Å². The number of non-ortho nitro benzene ring substituents is 1. The number of nitro groups is 1. The monoisotopic (exact) mass is 478 g/mol. The molecule has 0 bridgehead atoms. The average molecular weight is 478 g/mol. The lowest BCUT2D eigenvalue weighted by Gasteiger charge is -1.99. The summed E-state index contributed by atoms with van der Waals surface area (Å²) in [6.45, 7) is 0. The van der Waals surface area contributed by atoms with Crippen molar-refractivity contribution in [2.45, 2.75) is 0 Å².